The van der Waals surface area contributed by atoms with Gasteiger partial charge in [-0.1, -0.05) is 13.8 Å². The van der Waals surface area contributed by atoms with Gasteiger partial charge in [0.15, 0.2) is 0 Å². The molecule has 0 N–H and O–H groups in total. The Kier molecular flexibility index (Phi) is 6.39. The van der Waals surface area contributed by atoms with Gasteiger partial charge in [0.2, 0.25) is 0 Å². The van der Waals surface area contributed by atoms with Crippen LogP contribution in [0.4, 0.5) is 0 Å². The molecule has 0 unspecified atom stereocenters. The molecular formula is C10H23NO. The van der Waals surface area contributed by atoms with Gasteiger partial charge in [0.1, 0.15) is 0 Å². The van der Waals surface area contributed by atoms with Crippen molar-refractivity contribution < 1.29 is 4.74 Å². The van der Waals surface area contributed by atoms with Crippen molar-refractivity contribution in [2.24, 2.45) is 5.92 Å². The molecule has 0 spiro atoms. The number of likely N-dealkylation sites (N-methyl/N-ethyl adjacent to an activating group) is 1. The Morgan fingerprint density at radius 1 is 1.17 bits per heavy atom. The van der Waals surface area contributed by atoms with E-state index in [1.807, 2.05) is 0 Å². The predicted octanol–water partition coefficient (Wildman–Crippen LogP) is 2.00. The van der Waals surface area contributed by atoms with Crippen LogP contribution >= 0.6 is 0 Å². The maximum absolute atomic E-state index is 5.62. The Morgan fingerprint density at radius 2 is 1.75 bits per heavy atom. The highest BCUT2D eigenvalue weighted by Crippen LogP contribution is 2.06. The molecule has 0 aliphatic heterocycles. The minimum Gasteiger partial charge on any atom is -0.377 e. The Morgan fingerprint density at radius 3 is 2.17 bits per heavy atom. The van der Waals surface area contributed by atoms with E-state index < -0.39 is 0 Å². The SMILES string of the molecule is CC(C)C[C@@H](C)OCCN(C)C. The fraction of sp³-hybridized carbons (Fsp3) is 1.00. The second kappa shape index (κ2) is 6.44. The third-order valence-electron chi connectivity index (χ3n) is 1.74. The van der Waals surface area contributed by atoms with Crippen LogP contribution in [-0.4, -0.2) is 38.3 Å². The molecular weight excluding hydrogens is 150 g/mol. The highest BCUT2D eigenvalue weighted by molar-refractivity contribution is 4.54. The zero-order valence-corrected chi connectivity index (χ0v) is 9.13. The fourth-order valence-corrected chi connectivity index (χ4v) is 1.17. The largest absolute Gasteiger partial charge is 0.377 e. The van der Waals surface area contributed by atoms with Gasteiger partial charge in [-0.25, -0.2) is 0 Å². The minimum atomic E-state index is 0.407. The Bertz CT molecular complexity index is 102. The van der Waals surface area contributed by atoms with Gasteiger partial charge in [0, 0.05) is 6.54 Å². The third kappa shape index (κ3) is 8.02. The van der Waals surface area contributed by atoms with Crippen LogP contribution in [0.25, 0.3) is 0 Å². The molecule has 0 radical (unpaired) electrons. The lowest BCUT2D eigenvalue weighted by Crippen LogP contribution is -2.21. The lowest BCUT2D eigenvalue weighted by molar-refractivity contribution is 0.0433. The second-order valence-corrected chi connectivity index (χ2v) is 4.11. The minimum absolute atomic E-state index is 0.407. The summed E-state index contributed by atoms with van der Waals surface area (Å²) in [6.45, 7) is 8.47. The van der Waals surface area contributed by atoms with Crippen LogP contribution in [-0.2, 0) is 4.74 Å². The lowest BCUT2D eigenvalue weighted by Gasteiger charge is -2.16. The monoisotopic (exact) mass is 173 g/mol. The van der Waals surface area contributed by atoms with E-state index in [0.717, 1.165) is 25.5 Å². The van der Waals surface area contributed by atoms with Crippen molar-refractivity contribution in [3.05, 3.63) is 0 Å². The van der Waals surface area contributed by atoms with Gasteiger partial charge < -0.3 is 9.64 Å². The normalized spacial score (nSPS) is 14.2. The smallest absolute Gasteiger partial charge is 0.0596 e. The van der Waals surface area contributed by atoms with Crippen LogP contribution in [0.2, 0.25) is 0 Å². The molecule has 0 aliphatic carbocycles. The van der Waals surface area contributed by atoms with Crippen LogP contribution in [0.1, 0.15) is 27.2 Å². The predicted molar refractivity (Wildman–Crippen MR) is 53.4 cm³/mol. The van der Waals surface area contributed by atoms with Crippen molar-refractivity contribution in [3.63, 3.8) is 0 Å². The standard InChI is InChI=1S/C10H23NO/c1-9(2)8-10(3)12-7-6-11(4)5/h9-10H,6-8H2,1-5H3/t10-/m1/s1. The summed E-state index contributed by atoms with van der Waals surface area (Å²) < 4.78 is 5.62. The van der Waals surface area contributed by atoms with Crippen LogP contribution in [0.3, 0.4) is 0 Å². The van der Waals surface area contributed by atoms with Gasteiger partial charge in [0.05, 0.1) is 12.7 Å². The van der Waals surface area contributed by atoms with Crippen molar-refractivity contribution in [1.29, 1.82) is 0 Å². The van der Waals surface area contributed by atoms with Crippen molar-refractivity contribution >= 4 is 0 Å². The zero-order valence-electron chi connectivity index (χ0n) is 9.13. The molecule has 0 aromatic rings. The summed E-state index contributed by atoms with van der Waals surface area (Å²) in [7, 11) is 4.13. The summed E-state index contributed by atoms with van der Waals surface area (Å²) in [6.07, 6.45) is 1.57. The first-order chi connectivity index (χ1) is 5.52. The quantitative estimate of drug-likeness (QED) is 0.609. The Balaban J connectivity index is 3.25. The molecule has 74 valence electrons. The van der Waals surface area contributed by atoms with Gasteiger partial charge in [0.25, 0.3) is 0 Å². The maximum Gasteiger partial charge on any atom is 0.0596 e. The van der Waals surface area contributed by atoms with Gasteiger partial charge in [-0.2, -0.15) is 0 Å². The average molecular weight is 173 g/mol. The van der Waals surface area contributed by atoms with Gasteiger partial charge >= 0.3 is 0 Å². The molecule has 0 rings (SSSR count). The highest BCUT2D eigenvalue weighted by atomic mass is 16.5. The number of hydrogen-bond donors (Lipinski definition) is 0. The molecule has 0 aromatic heterocycles. The summed E-state index contributed by atoms with van der Waals surface area (Å²) in [5, 5.41) is 0. The summed E-state index contributed by atoms with van der Waals surface area (Å²) in [4.78, 5) is 2.14. The molecule has 2 nitrogen and oxygen atoms in total. The van der Waals surface area contributed by atoms with Gasteiger partial charge in [-0.15, -0.1) is 0 Å². The van der Waals surface area contributed by atoms with Gasteiger partial charge in [-0.05, 0) is 33.4 Å². The van der Waals surface area contributed by atoms with Crippen molar-refractivity contribution in [3.8, 4) is 0 Å². The first kappa shape index (κ1) is 11.9. The molecule has 2 heteroatoms. The van der Waals surface area contributed by atoms with E-state index in [0.29, 0.717) is 6.10 Å². The number of ether oxygens (including phenoxy) is 1. The summed E-state index contributed by atoms with van der Waals surface area (Å²) in [5.74, 6) is 0.736. The molecule has 0 aliphatic rings. The van der Waals surface area contributed by atoms with E-state index in [9.17, 15) is 0 Å². The van der Waals surface area contributed by atoms with E-state index >= 15 is 0 Å². The zero-order chi connectivity index (χ0) is 9.56. The second-order valence-electron chi connectivity index (χ2n) is 4.11. The van der Waals surface area contributed by atoms with E-state index in [1.54, 1.807) is 0 Å². The van der Waals surface area contributed by atoms with Crippen molar-refractivity contribution in [1.82, 2.24) is 4.90 Å². The lowest BCUT2D eigenvalue weighted by atomic mass is 10.1. The summed E-state index contributed by atoms with van der Waals surface area (Å²) >= 11 is 0. The van der Waals surface area contributed by atoms with Crippen molar-refractivity contribution in [2.75, 3.05) is 27.2 Å². The molecule has 0 fully saturated rings. The first-order valence-corrected chi connectivity index (χ1v) is 4.78. The van der Waals surface area contributed by atoms with E-state index in [4.69, 9.17) is 4.74 Å². The van der Waals surface area contributed by atoms with Crippen LogP contribution in [0, 0.1) is 5.92 Å². The van der Waals surface area contributed by atoms with Crippen LogP contribution in [0.5, 0.6) is 0 Å². The Labute approximate surface area is 76.9 Å². The molecule has 0 heterocycles. The maximum atomic E-state index is 5.62. The fourth-order valence-electron chi connectivity index (χ4n) is 1.17. The van der Waals surface area contributed by atoms with E-state index in [-0.39, 0.29) is 0 Å². The highest BCUT2D eigenvalue weighted by Gasteiger charge is 2.04. The molecule has 0 aromatic carbocycles. The van der Waals surface area contributed by atoms with E-state index in [2.05, 4.69) is 39.8 Å². The molecule has 1 atom stereocenters. The number of nitrogens with zero attached hydrogens (tertiary/aromatic N) is 1. The van der Waals surface area contributed by atoms with Crippen LogP contribution < -0.4 is 0 Å². The van der Waals surface area contributed by atoms with Gasteiger partial charge in [-0.3, -0.25) is 0 Å². The molecule has 0 saturated carbocycles. The molecule has 0 saturated heterocycles. The number of hydrogen-bond acceptors (Lipinski definition) is 2. The first-order valence-electron chi connectivity index (χ1n) is 4.78. The number of rotatable bonds is 6. The molecule has 0 amide bonds. The molecule has 0 bridgehead atoms. The van der Waals surface area contributed by atoms with Crippen LogP contribution in [0.15, 0.2) is 0 Å². The third-order valence-corrected chi connectivity index (χ3v) is 1.74. The van der Waals surface area contributed by atoms with Crippen molar-refractivity contribution in [2.45, 2.75) is 33.3 Å². The van der Waals surface area contributed by atoms with E-state index in [1.165, 1.54) is 0 Å². The average Bonchev–Trinajstić information content (AvgIpc) is 1.84. The summed E-state index contributed by atoms with van der Waals surface area (Å²) in [5.41, 5.74) is 0. The Hall–Kier alpha value is -0.0800. The topological polar surface area (TPSA) is 12.5 Å². The molecule has 12 heavy (non-hydrogen) atoms. The summed E-state index contributed by atoms with van der Waals surface area (Å²) in [6, 6.07) is 0.